The predicted octanol–water partition coefficient (Wildman–Crippen LogP) is 2.47. The smallest absolute Gasteiger partial charge is 0.228 e. The van der Waals surface area contributed by atoms with Crippen LogP contribution in [0.4, 0.5) is 0 Å². The molecule has 1 amide bonds. The lowest BCUT2D eigenvalue weighted by molar-refractivity contribution is -0.123. The number of hydrogen-bond donors (Lipinski definition) is 1. The molecule has 0 bridgehead atoms. The molecule has 122 valence electrons. The van der Waals surface area contributed by atoms with Gasteiger partial charge in [-0.05, 0) is 37.6 Å². The maximum atomic E-state index is 11.9. The van der Waals surface area contributed by atoms with Gasteiger partial charge in [0.2, 0.25) is 17.6 Å². The third kappa shape index (κ3) is 4.09. The quantitative estimate of drug-likeness (QED) is 0.841. The molecule has 6 nitrogen and oxygen atoms in total. The number of amides is 1. The molecule has 1 saturated carbocycles. The fraction of sp³-hybridized carbons (Fsp3) is 0.438. The third-order valence-electron chi connectivity index (χ3n) is 3.66. The van der Waals surface area contributed by atoms with E-state index in [1.165, 1.54) is 0 Å². The van der Waals surface area contributed by atoms with Crippen LogP contribution in [0.25, 0.3) is 11.4 Å². The first-order chi connectivity index (χ1) is 11.2. The minimum atomic E-state index is -0.0118. The number of nitrogens with zero attached hydrogens (tertiary/aromatic N) is 2. The van der Waals surface area contributed by atoms with E-state index in [0.717, 1.165) is 12.0 Å². The van der Waals surface area contributed by atoms with Crippen LogP contribution in [0.5, 0.6) is 0 Å². The largest absolute Gasteiger partial charge is 0.378 e. The van der Waals surface area contributed by atoms with Gasteiger partial charge in [0.25, 0.3) is 0 Å². The summed E-state index contributed by atoms with van der Waals surface area (Å²) in [4.78, 5) is 16.2. The molecule has 1 heterocycles. The van der Waals surface area contributed by atoms with Crippen molar-refractivity contribution in [3.05, 3.63) is 35.2 Å². The fourth-order valence-corrected chi connectivity index (χ4v) is 2.47. The van der Waals surface area contributed by atoms with Crippen molar-refractivity contribution >= 4 is 17.5 Å². The van der Waals surface area contributed by atoms with Crippen molar-refractivity contribution in [3.63, 3.8) is 0 Å². The van der Waals surface area contributed by atoms with E-state index in [2.05, 4.69) is 15.5 Å². The summed E-state index contributed by atoms with van der Waals surface area (Å²) in [5.41, 5.74) is 0.839. The molecule has 0 radical (unpaired) electrons. The van der Waals surface area contributed by atoms with Gasteiger partial charge >= 0.3 is 0 Å². The van der Waals surface area contributed by atoms with Crippen LogP contribution in [0.15, 0.2) is 28.8 Å². The predicted molar refractivity (Wildman–Crippen MR) is 85.0 cm³/mol. The van der Waals surface area contributed by atoms with Crippen LogP contribution in [0.3, 0.4) is 0 Å². The van der Waals surface area contributed by atoms with E-state index in [1.807, 2.05) is 19.1 Å². The summed E-state index contributed by atoms with van der Waals surface area (Å²) in [6, 6.07) is 7.22. The molecule has 23 heavy (non-hydrogen) atoms. The number of ether oxygens (including phenoxy) is 1. The van der Waals surface area contributed by atoms with Crippen LogP contribution in [-0.4, -0.2) is 35.3 Å². The second-order valence-corrected chi connectivity index (χ2v) is 5.83. The standard InChI is InChI=1S/C16H18ClN3O3/c1-2-22-13-9-12(13)16(21)18-8-7-14-19-15(20-23-14)10-3-5-11(17)6-4-10/h3-6,12-13H,2,7-9H2,1H3,(H,18,21)/t12-,13+/m0/s1. The van der Waals surface area contributed by atoms with Crippen LogP contribution in [0, 0.1) is 5.92 Å². The van der Waals surface area contributed by atoms with Gasteiger partial charge in [0.05, 0.1) is 12.0 Å². The Morgan fingerprint density at radius 2 is 2.22 bits per heavy atom. The molecule has 1 N–H and O–H groups in total. The first-order valence-electron chi connectivity index (χ1n) is 7.65. The Hall–Kier alpha value is -1.92. The summed E-state index contributed by atoms with van der Waals surface area (Å²) in [7, 11) is 0. The second kappa shape index (κ2) is 7.10. The van der Waals surface area contributed by atoms with Crippen molar-refractivity contribution in [1.82, 2.24) is 15.5 Å². The number of halogens is 1. The lowest BCUT2D eigenvalue weighted by atomic mass is 10.2. The Morgan fingerprint density at radius 3 is 2.96 bits per heavy atom. The van der Waals surface area contributed by atoms with Gasteiger partial charge in [-0.2, -0.15) is 4.98 Å². The molecule has 0 spiro atoms. The molecule has 1 aliphatic rings. The van der Waals surface area contributed by atoms with E-state index in [1.54, 1.807) is 12.1 Å². The molecule has 1 fully saturated rings. The molecule has 1 aromatic heterocycles. The van der Waals surface area contributed by atoms with Crippen LogP contribution >= 0.6 is 11.6 Å². The minimum Gasteiger partial charge on any atom is -0.378 e. The van der Waals surface area contributed by atoms with Gasteiger partial charge in [-0.3, -0.25) is 4.79 Å². The molecule has 7 heteroatoms. The van der Waals surface area contributed by atoms with Crippen LogP contribution in [0.1, 0.15) is 19.2 Å². The molecule has 0 saturated heterocycles. The molecule has 1 aromatic carbocycles. The van der Waals surface area contributed by atoms with E-state index in [9.17, 15) is 4.79 Å². The monoisotopic (exact) mass is 335 g/mol. The fourth-order valence-electron chi connectivity index (χ4n) is 2.34. The van der Waals surface area contributed by atoms with Gasteiger partial charge in [-0.25, -0.2) is 0 Å². The summed E-state index contributed by atoms with van der Waals surface area (Å²) in [5.74, 6) is 1.03. The highest BCUT2D eigenvalue weighted by molar-refractivity contribution is 6.30. The van der Waals surface area contributed by atoms with Gasteiger partial charge in [0.1, 0.15) is 0 Å². The number of carbonyl (C=O) groups excluding carboxylic acids is 1. The zero-order valence-corrected chi connectivity index (χ0v) is 13.5. The van der Waals surface area contributed by atoms with Crippen molar-refractivity contribution in [1.29, 1.82) is 0 Å². The molecule has 2 atom stereocenters. The molecule has 3 rings (SSSR count). The zero-order valence-electron chi connectivity index (χ0n) is 12.8. The van der Waals surface area contributed by atoms with Crippen molar-refractivity contribution in [2.45, 2.75) is 25.9 Å². The normalized spacial score (nSPS) is 19.6. The third-order valence-corrected chi connectivity index (χ3v) is 3.91. The van der Waals surface area contributed by atoms with E-state index >= 15 is 0 Å². The number of rotatable bonds is 7. The molecule has 1 aliphatic carbocycles. The highest BCUT2D eigenvalue weighted by atomic mass is 35.5. The van der Waals surface area contributed by atoms with Crippen LogP contribution in [-0.2, 0) is 16.0 Å². The van der Waals surface area contributed by atoms with Crippen molar-refractivity contribution in [3.8, 4) is 11.4 Å². The van der Waals surface area contributed by atoms with Crippen molar-refractivity contribution in [2.24, 2.45) is 5.92 Å². The SMILES string of the molecule is CCO[C@@H]1C[C@@H]1C(=O)NCCc1nc(-c2ccc(Cl)cc2)no1. The summed E-state index contributed by atoms with van der Waals surface area (Å²) < 4.78 is 10.6. The number of aromatic nitrogens is 2. The maximum absolute atomic E-state index is 11.9. The lowest BCUT2D eigenvalue weighted by Gasteiger charge is -2.02. The Balaban J connectivity index is 1.46. The average molecular weight is 336 g/mol. The maximum Gasteiger partial charge on any atom is 0.228 e. The van der Waals surface area contributed by atoms with Gasteiger partial charge in [0, 0.05) is 30.2 Å². The Bertz CT molecular complexity index is 671. The number of carbonyl (C=O) groups is 1. The Labute approximate surface area is 139 Å². The summed E-state index contributed by atoms with van der Waals surface area (Å²) in [5, 5.41) is 7.47. The summed E-state index contributed by atoms with van der Waals surface area (Å²) in [6.45, 7) is 3.04. The number of benzene rings is 1. The van der Waals surface area contributed by atoms with E-state index in [-0.39, 0.29) is 17.9 Å². The van der Waals surface area contributed by atoms with Crippen LogP contribution < -0.4 is 5.32 Å². The second-order valence-electron chi connectivity index (χ2n) is 5.40. The van der Waals surface area contributed by atoms with Gasteiger partial charge in [0.15, 0.2) is 0 Å². The lowest BCUT2D eigenvalue weighted by Crippen LogP contribution is -2.28. The molecule has 0 aliphatic heterocycles. The highest BCUT2D eigenvalue weighted by Crippen LogP contribution is 2.33. The van der Waals surface area contributed by atoms with E-state index < -0.39 is 0 Å². The molecular formula is C16H18ClN3O3. The van der Waals surface area contributed by atoms with Crippen LogP contribution in [0.2, 0.25) is 5.02 Å². The highest BCUT2D eigenvalue weighted by Gasteiger charge is 2.43. The number of hydrogen-bond acceptors (Lipinski definition) is 5. The van der Waals surface area contributed by atoms with Crippen molar-refractivity contribution in [2.75, 3.05) is 13.2 Å². The van der Waals surface area contributed by atoms with E-state index in [4.69, 9.17) is 20.9 Å². The minimum absolute atomic E-state index is 0.0118. The van der Waals surface area contributed by atoms with Gasteiger partial charge < -0.3 is 14.6 Å². The van der Waals surface area contributed by atoms with Gasteiger partial charge in [-0.1, -0.05) is 16.8 Å². The number of nitrogens with one attached hydrogen (secondary N) is 1. The average Bonchev–Trinajstić information content (AvgIpc) is 3.16. The topological polar surface area (TPSA) is 77.2 Å². The molecule has 2 aromatic rings. The summed E-state index contributed by atoms with van der Waals surface area (Å²) in [6.07, 6.45) is 1.39. The first kappa shape index (κ1) is 16.0. The Morgan fingerprint density at radius 1 is 1.43 bits per heavy atom. The van der Waals surface area contributed by atoms with Gasteiger partial charge in [-0.15, -0.1) is 0 Å². The molecule has 0 unspecified atom stereocenters. The van der Waals surface area contributed by atoms with E-state index in [0.29, 0.717) is 36.3 Å². The first-order valence-corrected chi connectivity index (χ1v) is 8.03. The zero-order chi connectivity index (χ0) is 16.2. The Kier molecular flexibility index (Phi) is 4.93. The summed E-state index contributed by atoms with van der Waals surface area (Å²) >= 11 is 5.85. The molecular weight excluding hydrogens is 318 g/mol. The van der Waals surface area contributed by atoms with Crippen molar-refractivity contribution < 1.29 is 14.1 Å².